The summed E-state index contributed by atoms with van der Waals surface area (Å²) in [7, 11) is 0. The van der Waals surface area contributed by atoms with Gasteiger partial charge in [-0.2, -0.15) is 5.10 Å². The van der Waals surface area contributed by atoms with E-state index < -0.39 is 0 Å². The highest BCUT2D eigenvalue weighted by Crippen LogP contribution is 2.36. The quantitative estimate of drug-likeness (QED) is 0.398. The van der Waals surface area contributed by atoms with E-state index in [1.165, 1.54) is 12.8 Å². The SMILES string of the molecule is CC(C)n1cnnc1-c1cccc(N2CSc3ccc(-c4cnn(CC5CC5)c4)cc3C2=O)n1. The maximum atomic E-state index is 13.6. The summed E-state index contributed by atoms with van der Waals surface area (Å²) >= 11 is 1.64. The Balaban J connectivity index is 1.29. The number of carbonyl (C=O) groups is 1. The molecule has 4 aromatic rings. The molecule has 0 N–H and O–H groups in total. The van der Waals surface area contributed by atoms with Crippen molar-refractivity contribution in [2.45, 2.75) is 44.2 Å². The van der Waals surface area contributed by atoms with Crippen LogP contribution in [-0.2, 0) is 6.54 Å². The summed E-state index contributed by atoms with van der Waals surface area (Å²) in [5.74, 6) is 2.54. The minimum Gasteiger partial charge on any atom is -0.310 e. The highest BCUT2D eigenvalue weighted by Gasteiger charge is 2.28. The lowest BCUT2D eigenvalue weighted by Crippen LogP contribution is -2.34. The molecule has 1 fully saturated rings. The molecule has 9 heteroatoms. The molecule has 1 aliphatic carbocycles. The number of carbonyl (C=O) groups excluding carboxylic acids is 1. The first-order valence-electron chi connectivity index (χ1n) is 11.6. The van der Waals surface area contributed by atoms with E-state index >= 15 is 0 Å². The zero-order valence-electron chi connectivity index (χ0n) is 19.1. The van der Waals surface area contributed by atoms with Gasteiger partial charge in [-0.3, -0.25) is 14.4 Å². The Morgan fingerprint density at radius 3 is 2.85 bits per heavy atom. The number of rotatable bonds is 6. The molecule has 0 bridgehead atoms. The molecule has 1 aliphatic heterocycles. The first kappa shape index (κ1) is 21.1. The van der Waals surface area contributed by atoms with Gasteiger partial charge in [-0.1, -0.05) is 12.1 Å². The molecule has 4 heterocycles. The maximum absolute atomic E-state index is 13.6. The molecule has 172 valence electrons. The van der Waals surface area contributed by atoms with Crippen LogP contribution < -0.4 is 4.90 Å². The number of hydrogen-bond acceptors (Lipinski definition) is 6. The lowest BCUT2D eigenvalue weighted by Gasteiger charge is -2.27. The number of anilines is 1. The number of amides is 1. The van der Waals surface area contributed by atoms with E-state index in [2.05, 4.69) is 41.4 Å². The van der Waals surface area contributed by atoms with Crippen molar-refractivity contribution in [2.75, 3.05) is 10.8 Å². The van der Waals surface area contributed by atoms with Gasteiger partial charge in [0.1, 0.15) is 17.8 Å². The summed E-state index contributed by atoms with van der Waals surface area (Å²) in [5.41, 5.74) is 3.43. The Morgan fingerprint density at radius 2 is 2.03 bits per heavy atom. The molecule has 1 amide bonds. The average molecular weight is 472 g/mol. The van der Waals surface area contributed by atoms with Crippen LogP contribution in [0.1, 0.15) is 43.1 Å². The molecule has 0 atom stereocenters. The van der Waals surface area contributed by atoms with Gasteiger partial charge in [0.2, 0.25) is 0 Å². The van der Waals surface area contributed by atoms with Crippen molar-refractivity contribution in [1.82, 2.24) is 29.5 Å². The number of benzene rings is 1. The van der Waals surface area contributed by atoms with Crippen molar-refractivity contribution in [2.24, 2.45) is 5.92 Å². The molecular weight excluding hydrogens is 446 g/mol. The Labute approximate surface area is 202 Å². The van der Waals surface area contributed by atoms with Crippen molar-refractivity contribution in [3.63, 3.8) is 0 Å². The highest BCUT2D eigenvalue weighted by molar-refractivity contribution is 7.99. The van der Waals surface area contributed by atoms with Gasteiger partial charge in [0, 0.05) is 29.2 Å². The highest BCUT2D eigenvalue weighted by atomic mass is 32.2. The number of hydrogen-bond donors (Lipinski definition) is 0. The first-order valence-corrected chi connectivity index (χ1v) is 12.5. The van der Waals surface area contributed by atoms with Crippen LogP contribution in [0, 0.1) is 5.92 Å². The summed E-state index contributed by atoms with van der Waals surface area (Å²) in [4.78, 5) is 21.0. The van der Waals surface area contributed by atoms with Gasteiger partial charge < -0.3 is 4.57 Å². The molecule has 3 aromatic heterocycles. The Morgan fingerprint density at radius 1 is 1.15 bits per heavy atom. The van der Waals surface area contributed by atoms with Gasteiger partial charge in [0.25, 0.3) is 5.91 Å². The van der Waals surface area contributed by atoms with Crippen LogP contribution in [0.25, 0.3) is 22.6 Å². The average Bonchev–Trinajstić information content (AvgIpc) is 3.31. The van der Waals surface area contributed by atoms with Crippen LogP contribution in [0.4, 0.5) is 5.82 Å². The molecule has 1 saturated carbocycles. The second kappa shape index (κ2) is 8.39. The number of aromatic nitrogens is 6. The van der Waals surface area contributed by atoms with Gasteiger partial charge in [-0.25, -0.2) is 4.98 Å². The lowest BCUT2D eigenvalue weighted by molar-refractivity contribution is 0.0986. The molecule has 0 spiro atoms. The summed E-state index contributed by atoms with van der Waals surface area (Å²) in [6.07, 6.45) is 8.26. The molecule has 2 aliphatic rings. The normalized spacial score (nSPS) is 15.7. The minimum atomic E-state index is -0.0454. The van der Waals surface area contributed by atoms with Gasteiger partial charge in [0.05, 0.1) is 17.6 Å². The van der Waals surface area contributed by atoms with Crippen molar-refractivity contribution >= 4 is 23.5 Å². The third-order valence-electron chi connectivity index (χ3n) is 6.28. The van der Waals surface area contributed by atoms with E-state index in [9.17, 15) is 4.79 Å². The van der Waals surface area contributed by atoms with E-state index in [0.29, 0.717) is 28.8 Å². The minimum absolute atomic E-state index is 0.0454. The summed E-state index contributed by atoms with van der Waals surface area (Å²) < 4.78 is 3.99. The van der Waals surface area contributed by atoms with Crippen molar-refractivity contribution in [3.8, 4) is 22.6 Å². The fourth-order valence-corrected chi connectivity index (χ4v) is 5.17. The lowest BCUT2D eigenvalue weighted by atomic mass is 10.1. The number of thioether (sulfide) groups is 1. The smallest absolute Gasteiger partial charge is 0.261 e. The van der Waals surface area contributed by atoms with E-state index in [1.54, 1.807) is 23.0 Å². The molecule has 0 radical (unpaired) electrons. The van der Waals surface area contributed by atoms with Gasteiger partial charge in [-0.05, 0) is 62.4 Å². The third-order valence-corrected chi connectivity index (χ3v) is 7.34. The van der Waals surface area contributed by atoms with Crippen LogP contribution >= 0.6 is 11.8 Å². The Kier molecular flexibility index (Phi) is 5.21. The van der Waals surface area contributed by atoms with E-state index in [0.717, 1.165) is 28.5 Å². The summed E-state index contributed by atoms with van der Waals surface area (Å²) in [5, 5.41) is 12.8. The fourth-order valence-electron chi connectivity index (χ4n) is 4.19. The Hall–Kier alpha value is -3.46. The molecular formula is C25H25N7OS. The van der Waals surface area contributed by atoms with Gasteiger partial charge >= 0.3 is 0 Å². The maximum Gasteiger partial charge on any atom is 0.261 e. The largest absolute Gasteiger partial charge is 0.310 e. The van der Waals surface area contributed by atoms with E-state index in [1.807, 2.05) is 45.8 Å². The van der Waals surface area contributed by atoms with Crippen LogP contribution in [0.2, 0.25) is 0 Å². The van der Waals surface area contributed by atoms with Crippen LogP contribution in [0.5, 0.6) is 0 Å². The molecule has 0 unspecified atom stereocenters. The molecule has 8 nitrogen and oxygen atoms in total. The molecule has 0 saturated heterocycles. The predicted molar refractivity (Wildman–Crippen MR) is 132 cm³/mol. The van der Waals surface area contributed by atoms with Crippen molar-refractivity contribution in [1.29, 1.82) is 0 Å². The molecule has 34 heavy (non-hydrogen) atoms. The van der Waals surface area contributed by atoms with Gasteiger partial charge in [0.15, 0.2) is 5.82 Å². The van der Waals surface area contributed by atoms with Crippen molar-refractivity contribution < 1.29 is 4.79 Å². The van der Waals surface area contributed by atoms with Crippen molar-refractivity contribution in [3.05, 3.63) is 60.7 Å². The van der Waals surface area contributed by atoms with E-state index in [-0.39, 0.29) is 11.9 Å². The third kappa shape index (κ3) is 3.90. The fraction of sp³-hybridized carbons (Fsp3) is 0.320. The number of fused-ring (bicyclic) bond motifs is 1. The summed E-state index contributed by atoms with van der Waals surface area (Å²) in [6, 6.07) is 12.0. The standard InChI is InChI=1S/C25H25N7OS/c1-16(2)31-14-26-29-24(31)21-4-3-5-23(28-21)32-15-34-22-9-8-18(10-20(22)25(32)33)19-11-27-30(13-19)12-17-6-7-17/h3-5,8-11,13-14,16-17H,6-7,12,15H2,1-2H3. The molecule has 6 rings (SSSR count). The van der Waals surface area contributed by atoms with Crippen LogP contribution in [0.15, 0.2) is 60.0 Å². The van der Waals surface area contributed by atoms with Crippen LogP contribution in [-0.4, -0.2) is 41.3 Å². The zero-order chi connectivity index (χ0) is 23.2. The monoisotopic (exact) mass is 471 g/mol. The zero-order valence-corrected chi connectivity index (χ0v) is 19.9. The number of nitrogens with zero attached hydrogens (tertiary/aromatic N) is 7. The topological polar surface area (TPSA) is 81.7 Å². The van der Waals surface area contributed by atoms with Crippen LogP contribution in [0.3, 0.4) is 0 Å². The Bertz CT molecular complexity index is 1370. The molecule has 1 aromatic carbocycles. The van der Waals surface area contributed by atoms with E-state index in [4.69, 9.17) is 4.98 Å². The predicted octanol–water partition coefficient (Wildman–Crippen LogP) is 4.90. The second-order valence-electron chi connectivity index (χ2n) is 9.15. The second-order valence-corrected chi connectivity index (χ2v) is 10.1. The first-order chi connectivity index (χ1) is 16.6. The summed E-state index contributed by atoms with van der Waals surface area (Å²) in [6.45, 7) is 5.12. The number of pyridine rings is 1. The van der Waals surface area contributed by atoms with Gasteiger partial charge in [-0.15, -0.1) is 22.0 Å².